The molecule has 0 saturated carbocycles. The largest absolute Gasteiger partial charge is 0.399 e. The predicted molar refractivity (Wildman–Crippen MR) is 72.4 cm³/mol. The molecule has 0 saturated heterocycles. The van der Waals surface area contributed by atoms with Crippen molar-refractivity contribution < 1.29 is 4.79 Å². The number of rotatable bonds is 2. The average Bonchev–Trinajstić information content (AvgIpc) is 2.69. The molecule has 2 aromatic rings. The maximum atomic E-state index is 12.0. The lowest BCUT2D eigenvalue weighted by Gasteiger charge is -2.08. The summed E-state index contributed by atoms with van der Waals surface area (Å²) in [7, 11) is 0. The van der Waals surface area contributed by atoms with Crippen LogP contribution in [0.2, 0.25) is 0 Å². The van der Waals surface area contributed by atoms with Crippen LogP contribution < -0.4 is 11.1 Å². The summed E-state index contributed by atoms with van der Waals surface area (Å²) in [5, 5.41) is 2.92. The molecule has 0 radical (unpaired) electrons. The molecule has 0 fully saturated rings. The second-order valence-corrected chi connectivity index (χ2v) is 4.57. The number of fused-ring (bicyclic) bond motifs is 1. The van der Waals surface area contributed by atoms with E-state index < -0.39 is 0 Å². The molecule has 90 valence electrons. The van der Waals surface area contributed by atoms with E-state index in [-0.39, 0.29) is 11.8 Å². The zero-order chi connectivity index (χ0) is 12.5. The van der Waals surface area contributed by atoms with Crippen molar-refractivity contribution in [2.75, 3.05) is 11.1 Å². The quantitative estimate of drug-likeness (QED) is 0.790. The number of nitrogens with one attached hydrogen (secondary N) is 1. The van der Waals surface area contributed by atoms with Crippen molar-refractivity contribution >= 4 is 17.3 Å². The summed E-state index contributed by atoms with van der Waals surface area (Å²) in [6.45, 7) is 0. The number of amides is 1. The fourth-order valence-electron chi connectivity index (χ4n) is 2.37. The third-order valence-electron chi connectivity index (χ3n) is 3.33. The van der Waals surface area contributed by atoms with Crippen LogP contribution >= 0.6 is 0 Å². The summed E-state index contributed by atoms with van der Waals surface area (Å²) in [4.78, 5) is 12.0. The molecule has 1 aliphatic rings. The zero-order valence-corrected chi connectivity index (χ0v) is 9.89. The predicted octanol–water partition coefficient (Wildman–Crippen LogP) is 2.55. The lowest BCUT2D eigenvalue weighted by Crippen LogP contribution is -2.14. The van der Waals surface area contributed by atoms with E-state index in [0.29, 0.717) is 6.42 Å². The van der Waals surface area contributed by atoms with E-state index in [4.69, 9.17) is 5.73 Å². The fraction of sp³-hybridized carbons (Fsp3) is 0.133. The van der Waals surface area contributed by atoms with Gasteiger partial charge in [0, 0.05) is 11.4 Å². The van der Waals surface area contributed by atoms with E-state index in [2.05, 4.69) is 5.32 Å². The lowest BCUT2D eigenvalue weighted by molar-refractivity contribution is -0.117. The Morgan fingerprint density at radius 3 is 2.56 bits per heavy atom. The zero-order valence-electron chi connectivity index (χ0n) is 9.89. The smallest absolute Gasteiger partial charge is 0.232 e. The highest BCUT2D eigenvalue weighted by molar-refractivity contribution is 6.03. The number of hydrogen-bond acceptors (Lipinski definition) is 2. The van der Waals surface area contributed by atoms with Gasteiger partial charge in [-0.15, -0.1) is 0 Å². The summed E-state index contributed by atoms with van der Waals surface area (Å²) in [5.74, 6) is -0.0159. The van der Waals surface area contributed by atoms with E-state index >= 15 is 0 Å². The van der Waals surface area contributed by atoms with Crippen LogP contribution in [0.15, 0.2) is 48.5 Å². The van der Waals surface area contributed by atoms with Gasteiger partial charge in [-0.05, 0) is 35.7 Å². The SMILES string of the molecule is Nc1ccc(CC2C(=O)Nc3ccccc32)cc1. The first kappa shape index (κ1) is 10.8. The van der Waals surface area contributed by atoms with Gasteiger partial charge in [0.15, 0.2) is 0 Å². The summed E-state index contributed by atoms with van der Waals surface area (Å²) in [5.41, 5.74) is 9.55. The van der Waals surface area contributed by atoms with E-state index in [9.17, 15) is 4.79 Å². The Labute approximate surface area is 106 Å². The number of carbonyl (C=O) groups excluding carboxylic acids is 1. The van der Waals surface area contributed by atoms with Gasteiger partial charge >= 0.3 is 0 Å². The normalized spacial score (nSPS) is 17.3. The first-order valence-electron chi connectivity index (χ1n) is 5.98. The Morgan fingerprint density at radius 2 is 1.78 bits per heavy atom. The van der Waals surface area contributed by atoms with Crippen LogP contribution in [0.25, 0.3) is 0 Å². The highest BCUT2D eigenvalue weighted by Gasteiger charge is 2.29. The number of benzene rings is 2. The van der Waals surface area contributed by atoms with Gasteiger partial charge in [0.1, 0.15) is 0 Å². The van der Waals surface area contributed by atoms with Gasteiger partial charge < -0.3 is 11.1 Å². The molecule has 0 aliphatic carbocycles. The minimum Gasteiger partial charge on any atom is -0.399 e. The van der Waals surface area contributed by atoms with Gasteiger partial charge in [0.05, 0.1) is 5.92 Å². The van der Waals surface area contributed by atoms with E-state index in [1.165, 1.54) is 0 Å². The number of carbonyl (C=O) groups is 1. The Kier molecular flexibility index (Phi) is 2.52. The molecule has 2 aromatic carbocycles. The summed E-state index contributed by atoms with van der Waals surface area (Å²) < 4.78 is 0. The van der Waals surface area contributed by atoms with Gasteiger partial charge in [0.2, 0.25) is 5.91 Å². The molecule has 1 amide bonds. The van der Waals surface area contributed by atoms with Crippen LogP contribution in [0.5, 0.6) is 0 Å². The van der Waals surface area contributed by atoms with E-state index in [1.807, 2.05) is 48.5 Å². The summed E-state index contributed by atoms with van der Waals surface area (Å²) >= 11 is 0. The molecule has 1 heterocycles. The number of nitrogens with two attached hydrogens (primary N) is 1. The molecule has 0 bridgehead atoms. The van der Waals surface area contributed by atoms with Crippen LogP contribution in [0.4, 0.5) is 11.4 Å². The molecule has 3 heteroatoms. The highest BCUT2D eigenvalue weighted by atomic mass is 16.2. The van der Waals surface area contributed by atoms with Crippen molar-refractivity contribution in [3.05, 3.63) is 59.7 Å². The maximum Gasteiger partial charge on any atom is 0.232 e. The number of anilines is 2. The van der Waals surface area contributed by atoms with Crippen molar-refractivity contribution in [3.8, 4) is 0 Å². The van der Waals surface area contributed by atoms with E-state index in [1.54, 1.807) is 0 Å². The molecule has 3 rings (SSSR count). The molecule has 1 atom stereocenters. The topological polar surface area (TPSA) is 55.1 Å². The Hall–Kier alpha value is -2.29. The van der Waals surface area contributed by atoms with Crippen LogP contribution in [-0.4, -0.2) is 5.91 Å². The van der Waals surface area contributed by atoms with E-state index in [0.717, 1.165) is 22.5 Å². The third kappa shape index (κ3) is 1.84. The van der Waals surface area contributed by atoms with Gasteiger partial charge in [-0.1, -0.05) is 30.3 Å². The maximum absolute atomic E-state index is 12.0. The summed E-state index contributed by atoms with van der Waals surface area (Å²) in [6, 6.07) is 15.5. The minimum atomic E-state index is -0.0928. The van der Waals surface area contributed by atoms with Crippen molar-refractivity contribution in [1.82, 2.24) is 0 Å². The molecular weight excluding hydrogens is 224 g/mol. The highest BCUT2D eigenvalue weighted by Crippen LogP contribution is 2.34. The average molecular weight is 238 g/mol. The summed E-state index contributed by atoms with van der Waals surface area (Å²) in [6.07, 6.45) is 0.711. The van der Waals surface area contributed by atoms with Crippen molar-refractivity contribution in [2.45, 2.75) is 12.3 Å². The van der Waals surface area contributed by atoms with Crippen LogP contribution in [-0.2, 0) is 11.2 Å². The first-order chi connectivity index (χ1) is 8.74. The molecule has 3 N–H and O–H groups in total. The second-order valence-electron chi connectivity index (χ2n) is 4.57. The standard InChI is InChI=1S/C15H14N2O/c16-11-7-5-10(6-8-11)9-13-12-3-1-2-4-14(12)17-15(13)18/h1-8,13H,9,16H2,(H,17,18). The second kappa shape index (κ2) is 4.18. The third-order valence-corrected chi connectivity index (χ3v) is 3.33. The molecule has 18 heavy (non-hydrogen) atoms. The van der Waals surface area contributed by atoms with Crippen molar-refractivity contribution in [3.63, 3.8) is 0 Å². The first-order valence-corrected chi connectivity index (χ1v) is 5.98. The van der Waals surface area contributed by atoms with Gasteiger partial charge in [-0.3, -0.25) is 4.79 Å². The molecule has 3 nitrogen and oxygen atoms in total. The lowest BCUT2D eigenvalue weighted by atomic mass is 9.93. The van der Waals surface area contributed by atoms with Crippen LogP contribution in [0, 0.1) is 0 Å². The molecular formula is C15H14N2O. The Balaban J connectivity index is 1.89. The van der Waals surface area contributed by atoms with Crippen molar-refractivity contribution in [2.24, 2.45) is 0 Å². The monoisotopic (exact) mass is 238 g/mol. The van der Waals surface area contributed by atoms with Gasteiger partial charge in [-0.25, -0.2) is 0 Å². The Bertz CT molecular complexity index is 590. The van der Waals surface area contributed by atoms with Crippen LogP contribution in [0.3, 0.4) is 0 Å². The van der Waals surface area contributed by atoms with Crippen molar-refractivity contribution in [1.29, 1.82) is 0 Å². The fourth-order valence-corrected chi connectivity index (χ4v) is 2.37. The van der Waals surface area contributed by atoms with Crippen LogP contribution in [0.1, 0.15) is 17.0 Å². The number of hydrogen-bond donors (Lipinski definition) is 2. The van der Waals surface area contributed by atoms with Gasteiger partial charge in [-0.2, -0.15) is 0 Å². The number of para-hydroxylation sites is 1. The molecule has 0 spiro atoms. The molecule has 1 aliphatic heterocycles. The molecule has 1 unspecified atom stereocenters. The van der Waals surface area contributed by atoms with Gasteiger partial charge in [0.25, 0.3) is 0 Å². The molecule has 0 aromatic heterocycles. The number of nitrogen functional groups attached to an aromatic ring is 1. The Morgan fingerprint density at radius 1 is 1.06 bits per heavy atom. The minimum absolute atomic E-state index is 0.0769.